The Morgan fingerprint density at radius 3 is 1.77 bits per heavy atom. The lowest BCUT2D eigenvalue weighted by atomic mass is 10.00. The summed E-state index contributed by atoms with van der Waals surface area (Å²) >= 11 is 1.25. The molecule has 14 heteroatoms. The maximum absolute atomic E-state index is 11.4. The maximum Gasteiger partial charge on any atom is 0.186 e. The Balaban J connectivity index is 2.16. The quantitative estimate of drug-likeness (QED) is 0.0789. The summed E-state index contributed by atoms with van der Waals surface area (Å²) in [7, 11) is 0. The number of rotatable bonds is 19. The first-order chi connectivity index (χ1) is 20.3. The SMILES string of the molecule is CCc1cc2cc(OCCN(C[C@H](O)[C@@H](O)[C@H](O)[C@H](O)CO)C[C@H](O)[C@@H](O)[C@H](O)[C@H](O)CO)ccc2cc1CSC(C)=O. The van der Waals surface area contributed by atoms with E-state index in [2.05, 4.69) is 0 Å². The summed E-state index contributed by atoms with van der Waals surface area (Å²) in [5, 5.41) is 101. The summed E-state index contributed by atoms with van der Waals surface area (Å²) in [6.07, 6.45) is -13.5. The molecule has 0 fully saturated rings. The van der Waals surface area contributed by atoms with Crippen LogP contribution in [0.3, 0.4) is 0 Å². The van der Waals surface area contributed by atoms with Crippen molar-refractivity contribution in [1.82, 2.24) is 4.90 Å². The second-order valence-electron chi connectivity index (χ2n) is 10.5. The predicted octanol–water partition coefficient (Wildman–Crippen LogP) is -2.27. The zero-order valence-corrected chi connectivity index (χ0v) is 25.1. The average molecular weight is 632 g/mol. The van der Waals surface area contributed by atoms with Crippen LogP contribution in [0, 0.1) is 0 Å². The number of benzene rings is 2. The molecule has 0 unspecified atom stereocenters. The normalized spacial score (nSPS) is 17.7. The van der Waals surface area contributed by atoms with Gasteiger partial charge in [-0.15, -0.1) is 0 Å². The molecule has 0 saturated heterocycles. The Morgan fingerprint density at radius 2 is 1.28 bits per heavy atom. The van der Waals surface area contributed by atoms with E-state index in [1.54, 1.807) is 6.07 Å². The second kappa shape index (κ2) is 18.1. The molecule has 0 aromatic heterocycles. The minimum Gasteiger partial charge on any atom is -0.492 e. The maximum atomic E-state index is 11.4. The number of ether oxygens (including phenoxy) is 1. The van der Waals surface area contributed by atoms with E-state index < -0.39 is 62.0 Å². The predicted molar refractivity (Wildman–Crippen MR) is 159 cm³/mol. The van der Waals surface area contributed by atoms with Crippen molar-refractivity contribution in [3.63, 3.8) is 0 Å². The number of nitrogens with zero attached hydrogens (tertiary/aromatic N) is 1. The summed E-state index contributed by atoms with van der Waals surface area (Å²) < 4.78 is 5.89. The number of carbonyl (C=O) groups is 1. The molecule has 10 N–H and O–H groups in total. The van der Waals surface area contributed by atoms with E-state index in [1.165, 1.54) is 23.6 Å². The van der Waals surface area contributed by atoms with E-state index >= 15 is 0 Å². The van der Waals surface area contributed by atoms with Crippen LogP contribution in [0.1, 0.15) is 25.0 Å². The summed E-state index contributed by atoms with van der Waals surface area (Å²) in [6.45, 7) is 1.09. The summed E-state index contributed by atoms with van der Waals surface area (Å²) in [5.41, 5.74) is 2.18. The monoisotopic (exact) mass is 631 g/mol. The number of aliphatic hydroxyl groups excluding tert-OH is 10. The molecule has 0 amide bonds. The van der Waals surface area contributed by atoms with Crippen LogP contribution in [0.5, 0.6) is 5.75 Å². The van der Waals surface area contributed by atoms with E-state index in [4.69, 9.17) is 14.9 Å². The molecule has 2 rings (SSSR count). The van der Waals surface area contributed by atoms with Gasteiger partial charge in [0.05, 0.1) is 25.4 Å². The van der Waals surface area contributed by atoms with Crippen molar-refractivity contribution in [1.29, 1.82) is 0 Å². The van der Waals surface area contributed by atoms with Crippen molar-refractivity contribution < 1.29 is 60.6 Å². The van der Waals surface area contributed by atoms with Crippen LogP contribution in [-0.2, 0) is 17.0 Å². The van der Waals surface area contributed by atoms with Crippen molar-refractivity contribution in [3.05, 3.63) is 41.5 Å². The smallest absolute Gasteiger partial charge is 0.186 e. The topological polar surface area (TPSA) is 232 Å². The molecule has 0 heterocycles. The molecule has 0 aliphatic carbocycles. The molecule has 0 bridgehead atoms. The lowest BCUT2D eigenvalue weighted by molar-refractivity contribution is -0.130. The van der Waals surface area contributed by atoms with Gasteiger partial charge >= 0.3 is 0 Å². The molecule has 0 aliphatic heterocycles. The van der Waals surface area contributed by atoms with Gasteiger partial charge in [-0.1, -0.05) is 36.9 Å². The Bertz CT molecular complexity index is 1110. The van der Waals surface area contributed by atoms with E-state index in [0.717, 1.165) is 28.3 Å². The van der Waals surface area contributed by atoms with Gasteiger partial charge < -0.3 is 55.8 Å². The fraction of sp³-hybridized carbons (Fsp3) is 0.621. The van der Waals surface area contributed by atoms with E-state index in [-0.39, 0.29) is 31.4 Å². The highest BCUT2D eigenvalue weighted by Crippen LogP contribution is 2.27. The van der Waals surface area contributed by atoms with Crippen LogP contribution >= 0.6 is 11.8 Å². The minimum atomic E-state index is -1.87. The lowest BCUT2D eigenvalue weighted by Crippen LogP contribution is -2.53. The molecule has 13 nitrogen and oxygen atoms in total. The Kier molecular flexibility index (Phi) is 15.7. The number of aliphatic hydroxyl groups is 10. The van der Waals surface area contributed by atoms with Crippen LogP contribution in [0.25, 0.3) is 10.8 Å². The van der Waals surface area contributed by atoms with Gasteiger partial charge in [-0.25, -0.2) is 0 Å². The van der Waals surface area contributed by atoms with Gasteiger partial charge in [0.15, 0.2) is 5.12 Å². The molecular weight excluding hydrogens is 586 g/mol. The van der Waals surface area contributed by atoms with Crippen LogP contribution in [0.15, 0.2) is 30.3 Å². The van der Waals surface area contributed by atoms with Crippen molar-refractivity contribution >= 4 is 27.6 Å². The van der Waals surface area contributed by atoms with Crippen LogP contribution < -0.4 is 4.74 Å². The van der Waals surface area contributed by atoms with Crippen molar-refractivity contribution in [2.24, 2.45) is 0 Å². The molecule has 2 aromatic rings. The van der Waals surface area contributed by atoms with Gasteiger partial charge in [-0.2, -0.15) is 0 Å². The van der Waals surface area contributed by atoms with Gasteiger partial charge in [0.2, 0.25) is 0 Å². The Morgan fingerprint density at radius 1 is 0.767 bits per heavy atom. The first kappa shape index (κ1) is 37.3. The molecule has 0 spiro atoms. The van der Waals surface area contributed by atoms with Gasteiger partial charge in [0, 0.05) is 32.3 Å². The highest BCUT2D eigenvalue weighted by Gasteiger charge is 2.34. The van der Waals surface area contributed by atoms with Gasteiger partial charge in [-0.3, -0.25) is 9.69 Å². The zero-order valence-electron chi connectivity index (χ0n) is 24.3. The summed E-state index contributed by atoms with van der Waals surface area (Å²) in [5.74, 6) is 1.10. The average Bonchev–Trinajstić information content (AvgIpc) is 3.00. The third-order valence-corrected chi connectivity index (χ3v) is 8.02. The third-order valence-electron chi connectivity index (χ3n) is 7.16. The number of aryl methyl sites for hydroxylation is 1. The first-order valence-electron chi connectivity index (χ1n) is 14.0. The summed E-state index contributed by atoms with van der Waals surface area (Å²) in [6, 6.07) is 9.57. The van der Waals surface area contributed by atoms with Gasteiger partial charge in [0.25, 0.3) is 0 Å². The Labute approximate surface area is 254 Å². The molecule has 0 radical (unpaired) electrons. The van der Waals surface area contributed by atoms with Crippen LogP contribution in [0.4, 0.5) is 0 Å². The van der Waals surface area contributed by atoms with Crippen molar-refractivity contribution in [3.8, 4) is 5.75 Å². The highest BCUT2D eigenvalue weighted by molar-refractivity contribution is 8.12. The molecule has 0 saturated carbocycles. The fourth-order valence-corrected chi connectivity index (χ4v) is 5.15. The highest BCUT2D eigenvalue weighted by atomic mass is 32.2. The van der Waals surface area contributed by atoms with Crippen LogP contribution in [-0.4, -0.2) is 149 Å². The number of thioether (sulfide) groups is 1. The van der Waals surface area contributed by atoms with E-state index in [9.17, 15) is 45.6 Å². The van der Waals surface area contributed by atoms with E-state index in [1.807, 2.05) is 31.2 Å². The standard InChI is InChI=1S/C29H45NO12S/c1-3-17-8-19-10-21(5-4-18(19)9-20(17)15-43-16(2)33)42-7-6-30(11-22(34)26(38)28(40)24(36)13-31)12-23(35)27(39)29(41)25(37)14-32/h4-5,8-10,22-29,31-32,34-41H,3,6-7,11-15H2,1-2H3/t22-,23-,24+,25+,26+,27+,28+,29+/m0/s1. The number of hydrogen-bond donors (Lipinski definition) is 10. The summed E-state index contributed by atoms with van der Waals surface area (Å²) in [4.78, 5) is 12.8. The number of carbonyl (C=O) groups excluding carboxylic acids is 1. The van der Waals surface area contributed by atoms with Crippen molar-refractivity contribution in [2.75, 3.05) is 39.5 Å². The number of hydrogen-bond acceptors (Lipinski definition) is 14. The second-order valence-corrected chi connectivity index (χ2v) is 11.6. The molecule has 244 valence electrons. The van der Waals surface area contributed by atoms with Crippen molar-refractivity contribution in [2.45, 2.75) is 74.9 Å². The molecule has 8 atom stereocenters. The van der Waals surface area contributed by atoms with Crippen LogP contribution in [0.2, 0.25) is 0 Å². The molecule has 43 heavy (non-hydrogen) atoms. The zero-order chi connectivity index (χ0) is 32.3. The van der Waals surface area contributed by atoms with Gasteiger partial charge in [0.1, 0.15) is 49.0 Å². The number of fused-ring (bicyclic) bond motifs is 1. The minimum absolute atomic E-state index is 0.00867. The molecule has 0 aliphatic rings. The molecular formula is C29H45NO12S. The Hall–Kier alpha value is -1.92. The lowest BCUT2D eigenvalue weighted by Gasteiger charge is -2.33. The largest absolute Gasteiger partial charge is 0.492 e. The molecule has 2 aromatic carbocycles. The fourth-order valence-electron chi connectivity index (χ4n) is 4.52. The first-order valence-corrected chi connectivity index (χ1v) is 15.0. The van der Waals surface area contributed by atoms with Gasteiger partial charge in [-0.05, 0) is 40.5 Å². The third kappa shape index (κ3) is 11.2. The van der Waals surface area contributed by atoms with E-state index in [0.29, 0.717) is 11.5 Å².